The maximum atomic E-state index is 15.4. The van der Waals surface area contributed by atoms with Crippen LogP contribution in [0.3, 0.4) is 0 Å². The van der Waals surface area contributed by atoms with Crippen LogP contribution in [0.5, 0.6) is 0 Å². The Morgan fingerprint density at radius 2 is 1.82 bits per heavy atom. The lowest BCUT2D eigenvalue weighted by atomic mass is 9.98. The van der Waals surface area contributed by atoms with Crippen LogP contribution in [0.25, 0.3) is 21.8 Å². The van der Waals surface area contributed by atoms with Gasteiger partial charge in [0, 0.05) is 17.2 Å². The molecule has 0 atom stereocenters. The number of hydrogen-bond acceptors (Lipinski definition) is 7. The standard InChI is InChI=1S/C20H21F4N5O2S2/c1-19(2,3)17-28-15(16(32-17)13-7-9-26-18(25)27-13)11-5-4-6-12(14(11)21)29-33(30,31)10-8-20(22,23)24/h4-7,9,29H,8,10H2,1-3H3,(H2,25,26,27). The molecule has 3 rings (SSSR count). The number of aromatic nitrogens is 3. The zero-order valence-corrected chi connectivity index (χ0v) is 19.5. The number of halogens is 4. The number of rotatable bonds is 6. The van der Waals surface area contributed by atoms with E-state index in [9.17, 15) is 21.6 Å². The summed E-state index contributed by atoms with van der Waals surface area (Å²) < 4.78 is 78.8. The minimum Gasteiger partial charge on any atom is -0.368 e. The molecule has 0 spiro atoms. The molecule has 0 fully saturated rings. The van der Waals surface area contributed by atoms with Crippen LogP contribution in [0.4, 0.5) is 29.2 Å². The fourth-order valence-electron chi connectivity index (χ4n) is 2.76. The summed E-state index contributed by atoms with van der Waals surface area (Å²) in [4.78, 5) is 13.1. The summed E-state index contributed by atoms with van der Waals surface area (Å²) in [5.74, 6) is -2.19. The summed E-state index contributed by atoms with van der Waals surface area (Å²) in [5.41, 5.74) is 5.40. The van der Waals surface area contributed by atoms with Gasteiger partial charge in [0.1, 0.15) is 0 Å². The second-order valence-electron chi connectivity index (χ2n) is 8.20. The Labute approximate surface area is 192 Å². The second kappa shape index (κ2) is 8.86. The van der Waals surface area contributed by atoms with Gasteiger partial charge in [-0.2, -0.15) is 13.2 Å². The second-order valence-corrected chi connectivity index (χ2v) is 11.0. The van der Waals surface area contributed by atoms with E-state index in [1.54, 1.807) is 6.07 Å². The summed E-state index contributed by atoms with van der Waals surface area (Å²) in [7, 11) is -4.44. The summed E-state index contributed by atoms with van der Waals surface area (Å²) >= 11 is 1.27. The Hall–Kier alpha value is -2.80. The molecule has 33 heavy (non-hydrogen) atoms. The fraction of sp³-hybridized carbons (Fsp3) is 0.350. The topological polar surface area (TPSA) is 111 Å². The number of thiazole rings is 1. The van der Waals surface area contributed by atoms with Crippen molar-refractivity contribution in [3.05, 3.63) is 41.3 Å². The van der Waals surface area contributed by atoms with Crippen molar-refractivity contribution in [2.24, 2.45) is 0 Å². The van der Waals surface area contributed by atoms with Crippen LogP contribution in [0.15, 0.2) is 30.5 Å². The van der Waals surface area contributed by atoms with Crippen molar-refractivity contribution in [3.8, 4) is 21.8 Å². The first-order valence-corrected chi connectivity index (χ1v) is 12.1. The zero-order valence-electron chi connectivity index (χ0n) is 17.9. The third-order valence-corrected chi connectivity index (χ3v) is 7.13. The molecule has 0 amide bonds. The SMILES string of the molecule is CC(C)(C)c1nc(-c2cccc(NS(=O)(=O)CCC(F)(F)F)c2F)c(-c2ccnc(N)n2)s1. The van der Waals surface area contributed by atoms with Gasteiger partial charge < -0.3 is 5.73 Å². The number of nitrogens with one attached hydrogen (secondary N) is 1. The first kappa shape index (κ1) is 24.8. The lowest BCUT2D eigenvalue weighted by Gasteiger charge is -2.14. The minimum absolute atomic E-state index is 0.0100. The maximum Gasteiger partial charge on any atom is 0.390 e. The third kappa shape index (κ3) is 6.16. The van der Waals surface area contributed by atoms with Crippen LogP contribution in [-0.4, -0.2) is 35.3 Å². The summed E-state index contributed by atoms with van der Waals surface area (Å²) in [5, 5.41) is 0.667. The highest BCUT2D eigenvalue weighted by Crippen LogP contribution is 2.41. The summed E-state index contributed by atoms with van der Waals surface area (Å²) in [6.07, 6.45) is -4.77. The van der Waals surface area contributed by atoms with E-state index in [0.717, 1.165) is 6.07 Å². The highest BCUT2D eigenvalue weighted by atomic mass is 32.2. The molecule has 0 saturated heterocycles. The van der Waals surface area contributed by atoms with E-state index in [0.29, 0.717) is 15.6 Å². The van der Waals surface area contributed by atoms with Crippen LogP contribution in [-0.2, 0) is 15.4 Å². The van der Waals surface area contributed by atoms with Crippen molar-refractivity contribution in [2.45, 2.75) is 38.8 Å². The Balaban J connectivity index is 2.08. The van der Waals surface area contributed by atoms with Gasteiger partial charge in [0.25, 0.3) is 0 Å². The van der Waals surface area contributed by atoms with E-state index in [1.165, 1.54) is 29.7 Å². The quantitative estimate of drug-likeness (QED) is 0.459. The van der Waals surface area contributed by atoms with Gasteiger partial charge in [0.15, 0.2) is 5.82 Å². The van der Waals surface area contributed by atoms with Gasteiger partial charge in [0.05, 0.1) is 39.1 Å². The number of nitrogen functional groups attached to an aromatic ring is 1. The number of benzene rings is 1. The third-order valence-electron chi connectivity index (χ3n) is 4.35. The fourth-order valence-corrected chi connectivity index (χ4v) is 4.96. The summed E-state index contributed by atoms with van der Waals surface area (Å²) in [6.45, 7) is 5.78. The molecule has 2 heterocycles. The lowest BCUT2D eigenvalue weighted by molar-refractivity contribution is -0.129. The molecule has 0 aliphatic rings. The van der Waals surface area contributed by atoms with Crippen molar-refractivity contribution in [1.82, 2.24) is 15.0 Å². The molecule has 13 heteroatoms. The lowest BCUT2D eigenvalue weighted by Crippen LogP contribution is -2.22. The minimum atomic E-state index is -4.66. The van der Waals surface area contributed by atoms with Gasteiger partial charge in [-0.15, -0.1) is 11.3 Å². The molecule has 0 radical (unpaired) electrons. The van der Waals surface area contributed by atoms with Crippen LogP contribution < -0.4 is 10.5 Å². The molecule has 2 aromatic heterocycles. The number of alkyl halides is 3. The zero-order chi connectivity index (χ0) is 24.6. The van der Waals surface area contributed by atoms with E-state index in [-0.39, 0.29) is 22.6 Å². The number of hydrogen-bond donors (Lipinski definition) is 2. The van der Waals surface area contributed by atoms with Crippen LogP contribution in [0.2, 0.25) is 0 Å². The molecule has 3 aromatic rings. The van der Waals surface area contributed by atoms with Gasteiger partial charge in [-0.3, -0.25) is 4.72 Å². The van der Waals surface area contributed by atoms with E-state index in [2.05, 4.69) is 15.0 Å². The van der Waals surface area contributed by atoms with Crippen molar-refractivity contribution < 1.29 is 26.0 Å². The van der Waals surface area contributed by atoms with Gasteiger partial charge in [0.2, 0.25) is 16.0 Å². The summed E-state index contributed by atoms with van der Waals surface area (Å²) in [6, 6.07) is 5.50. The van der Waals surface area contributed by atoms with Crippen LogP contribution in [0.1, 0.15) is 32.2 Å². The van der Waals surface area contributed by atoms with Crippen molar-refractivity contribution in [2.75, 3.05) is 16.2 Å². The van der Waals surface area contributed by atoms with Crippen molar-refractivity contribution in [3.63, 3.8) is 0 Å². The average Bonchev–Trinajstić information content (AvgIpc) is 3.13. The number of anilines is 2. The Morgan fingerprint density at radius 3 is 2.42 bits per heavy atom. The average molecular weight is 504 g/mol. The van der Waals surface area contributed by atoms with Gasteiger partial charge in [-0.05, 0) is 18.2 Å². The monoisotopic (exact) mass is 503 g/mol. The molecule has 0 bridgehead atoms. The molecule has 0 unspecified atom stereocenters. The molecule has 0 saturated carbocycles. The number of sulfonamides is 1. The number of nitrogens with zero attached hydrogens (tertiary/aromatic N) is 3. The Kier molecular flexibility index (Phi) is 6.67. The molecule has 1 aromatic carbocycles. The molecule has 3 N–H and O–H groups in total. The first-order valence-electron chi connectivity index (χ1n) is 9.62. The van der Waals surface area contributed by atoms with E-state index < -0.39 is 39.9 Å². The molecule has 0 aliphatic heterocycles. The van der Waals surface area contributed by atoms with Gasteiger partial charge >= 0.3 is 6.18 Å². The highest BCUT2D eigenvalue weighted by Gasteiger charge is 2.31. The van der Waals surface area contributed by atoms with E-state index in [1.807, 2.05) is 25.5 Å². The predicted molar refractivity (Wildman–Crippen MR) is 120 cm³/mol. The van der Waals surface area contributed by atoms with E-state index >= 15 is 4.39 Å². The van der Waals surface area contributed by atoms with Crippen molar-refractivity contribution >= 4 is 33.0 Å². The largest absolute Gasteiger partial charge is 0.390 e. The van der Waals surface area contributed by atoms with Gasteiger partial charge in [-0.1, -0.05) is 26.8 Å². The Bertz CT molecular complexity index is 1270. The molecular weight excluding hydrogens is 482 g/mol. The van der Waals surface area contributed by atoms with Gasteiger partial charge in [-0.25, -0.2) is 27.8 Å². The molecular formula is C20H21F4N5O2S2. The first-order chi connectivity index (χ1) is 15.2. The van der Waals surface area contributed by atoms with Crippen molar-refractivity contribution in [1.29, 1.82) is 0 Å². The van der Waals surface area contributed by atoms with Crippen LogP contribution >= 0.6 is 11.3 Å². The maximum absolute atomic E-state index is 15.4. The molecule has 7 nitrogen and oxygen atoms in total. The Morgan fingerprint density at radius 1 is 1.12 bits per heavy atom. The van der Waals surface area contributed by atoms with E-state index in [4.69, 9.17) is 5.73 Å². The van der Waals surface area contributed by atoms with Crippen LogP contribution in [0, 0.1) is 5.82 Å². The smallest absolute Gasteiger partial charge is 0.368 e. The normalized spacial score (nSPS) is 12.7. The number of nitrogens with two attached hydrogens (primary N) is 1. The predicted octanol–water partition coefficient (Wildman–Crippen LogP) is 4.98. The highest BCUT2D eigenvalue weighted by molar-refractivity contribution is 7.92. The molecule has 0 aliphatic carbocycles. The molecule has 178 valence electrons.